The van der Waals surface area contributed by atoms with E-state index >= 15 is 0 Å². The number of morpholine rings is 1. The van der Waals surface area contributed by atoms with Gasteiger partial charge in [-0.1, -0.05) is 26.7 Å². The highest BCUT2D eigenvalue weighted by molar-refractivity contribution is 5.77. The van der Waals surface area contributed by atoms with Crippen LogP contribution in [0, 0.1) is 11.8 Å². The maximum atomic E-state index is 12.5. The average molecular weight is 324 g/mol. The zero-order valence-corrected chi connectivity index (χ0v) is 14.7. The van der Waals surface area contributed by atoms with Crippen molar-refractivity contribution < 1.29 is 14.3 Å². The molecule has 4 atom stereocenters. The van der Waals surface area contributed by atoms with Crippen molar-refractivity contribution in [3.8, 4) is 0 Å². The third-order valence-electron chi connectivity index (χ3n) is 5.89. The molecule has 0 aromatic heterocycles. The molecule has 0 unspecified atom stereocenters. The normalized spacial score (nSPS) is 36.3. The zero-order valence-electron chi connectivity index (χ0n) is 14.7. The molecule has 0 spiro atoms. The third kappa shape index (κ3) is 4.25. The Kier molecular flexibility index (Phi) is 5.94. The van der Waals surface area contributed by atoms with Crippen LogP contribution in [0.3, 0.4) is 0 Å². The molecule has 3 fully saturated rings. The van der Waals surface area contributed by atoms with E-state index in [-0.39, 0.29) is 18.6 Å². The standard InChI is InChI=1S/C18H32N2O3/c1-14-5-3-4-6-17(14)23-13-18(21)20-11-15(2)16(12-20)19-7-9-22-10-8-19/h14-17H,3-13H2,1-2H3/t14-,15-,16-,17+/m1/s1. The Hall–Kier alpha value is -0.650. The molecule has 5 heteroatoms. The zero-order chi connectivity index (χ0) is 16.2. The van der Waals surface area contributed by atoms with Gasteiger partial charge in [0.05, 0.1) is 19.3 Å². The molecule has 3 rings (SSSR count). The maximum Gasteiger partial charge on any atom is 0.248 e. The Labute approximate surface area is 140 Å². The van der Waals surface area contributed by atoms with Gasteiger partial charge in [0.15, 0.2) is 0 Å². The monoisotopic (exact) mass is 324 g/mol. The summed E-state index contributed by atoms with van der Waals surface area (Å²) >= 11 is 0. The van der Waals surface area contributed by atoms with Crippen molar-refractivity contribution in [1.82, 2.24) is 9.80 Å². The fraction of sp³-hybridized carbons (Fsp3) is 0.944. The molecule has 0 aromatic rings. The molecule has 0 radical (unpaired) electrons. The van der Waals surface area contributed by atoms with E-state index < -0.39 is 0 Å². The summed E-state index contributed by atoms with van der Waals surface area (Å²) in [6, 6.07) is 0.483. The number of hydrogen-bond donors (Lipinski definition) is 0. The van der Waals surface area contributed by atoms with Crippen LogP contribution in [0.4, 0.5) is 0 Å². The lowest BCUT2D eigenvalue weighted by Gasteiger charge is -2.34. The quantitative estimate of drug-likeness (QED) is 0.790. The molecule has 132 valence electrons. The molecule has 0 bridgehead atoms. The maximum absolute atomic E-state index is 12.5. The Balaban J connectivity index is 1.46. The average Bonchev–Trinajstić information content (AvgIpc) is 2.96. The van der Waals surface area contributed by atoms with E-state index in [0.717, 1.165) is 45.8 Å². The summed E-state index contributed by atoms with van der Waals surface area (Å²) in [7, 11) is 0. The van der Waals surface area contributed by atoms with Crippen molar-refractivity contribution in [1.29, 1.82) is 0 Å². The van der Waals surface area contributed by atoms with Crippen molar-refractivity contribution in [2.75, 3.05) is 46.0 Å². The number of nitrogens with zero attached hydrogens (tertiary/aromatic N) is 2. The van der Waals surface area contributed by atoms with Crippen molar-refractivity contribution in [2.45, 2.75) is 51.7 Å². The van der Waals surface area contributed by atoms with Crippen LogP contribution in [-0.2, 0) is 14.3 Å². The lowest BCUT2D eigenvalue weighted by atomic mass is 9.88. The van der Waals surface area contributed by atoms with Crippen molar-refractivity contribution in [3.05, 3.63) is 0 Å². The predicted molar refractivity (Wildman–Crippen MR) is 89.3 cm³/mol. The molecule has 5 nitrogen and oxygen atoms in total. The largest absolute Gasteiger partial charge is 0.379 e. The second-order valence-corrected chi connectivity index (χ2v) is 7.60. The van der Waals surface area contributed by atoms with E-state index in [4.69, 9.17) is 9.47 Å². The lowest BCUT2D eigenvalue weighted by Crippen LogP contribution is -2.47. The highest BCUT2D eigenvalue weighted by Crippen LogP contribution is 2.27. The number of ether oxygens (including phenoxy) is 2. The Morgan fingerprint density at radius 1 is 1.09 bits per heavy atom. The fourth-order valence-corrected chi connectivity index (χ4v) is 4.34. The van der Waals surface area contributed by atoms with Gasteiger partial charge in [-0.2, -0.15) is 0 Å². The third-order valence-corrected chi connectivity index (χ3v) is 5.89. The highest BCUT2D eigenvalue weighted by Gasteiger charge is 2.36. The first-order valence-electron chi connectivity index (χ1n) is 9.36. The van der Waals surface area contributed by atoms with E-state index in [1.165, 1.54) is 19.3 Å². The SMILES string of the molecule is C[C@@H]1CCCC[C@@H]1OCC(=O)N1C[C@@H](C)[C@H](N2CCOCC2)C1. The molecule has 1 saturated carbocycles. The summed E-state index contributed by atoms with van der Waals surface area (Å²) in [5, 5.41) is 0. The molecule has 0 aromatic carbocycles. The first-order chi connectivity index (χ1) is 11.1. The van der Waals surface area contributed by atoms with Crippen LogP contribution in [0.15, 0.2) is 0 Å². The minimum absolute atomic E-state index is 0.172. The second kappa shape index (κ2) is 7.95. The minimum atomic E-state index is 0.172. The van der Waals surface area contributed by atoms with Gasteiger partial charge in [-0.15, -0.1) is 0 Å². The van der Waals surface area contributed by atoms with Gasteiger partial charge in [0.1, 0.15) is 6.61 Å². The summed E-state index contributed by atoms with van der Waals surface area (Å²) in [5.41, 5.74) is 0. The minimum Gasteiger partial charge on any atom is -0.379 e. The van der Waals surface area contributed by atoms with Crippen molar-refractivity contribution >= 4 is 5.91 Å². The van der Waals surface area contributed by atoms with Crippen molar-refractivity contribution in [2.24, 2.45) is 11.8 Å². The molecule has 1 aliphatic carbocycles. The molecule has 0 N–H and O–H groups in total. The predicted octanol–water partition coefficient (Wildman–Crippen LogP) is 1.76. The van der Waals surface area contributed by atoms with Gasteiger partial charge in [0.25, 0.3) is 0 Å². The van der Waals surface area contributed by atoms with Crippen LogP contribution in [0.25, 0.3) is 0 Å². The van der Waals surface area contributed by atoms with E-state index in [2.05, 4.69) is 18.7 Å². The van der Waals surface area contributed by atoms with Gasteiger partial charge in [0.2, 0.25) is 5.91 Å². The van der Waals surface area contributed by atoms with E-state index in [1.807, 2.05) is 4.90 Å². The van der Waals surface area contributed by atoms with Gasteiger partial charge >= 0.3 is 0 Å². The summed E-state index contributed by atoms with van der Waals surface area (Å²) < 4.78 is 11.4. The lowest BCUT2D eigenvalue weighted by molar-refractivity contribution is -0.139. The van der Waals surface area contributed by atoms with Gasteiger partial charge in [-0.25, -0.2) is 0 Å². The van der Waals surface area contributed by atoms with Gasteiger partial charge in [-0.3, -0.25) is 9.69 Å². The van der Waals surface area contributed by atoms with Crippen LogP contribution in [0.1, 0.15) is 39.5 Å². The fourth-order valence-electron chi connectivity index (χ4n) is 4.34. The van der Waals surface area contributed by atoms with Gasteiger partial charge in [-0.05, 0) is 24.7 Å². The smallest absolute Gasteiger partial charge is 0.248 e. The van der Waals surface area contributed by atoms with Crippen LogP contribution in [0.5, 0.6) is 0 Å². The summed E-state index contributed by atoms with van der Waals surface area (Å²) in [6.07, 6.45) is 5.17. The van der Waals surface area contributed by atoms with Gasteiger partial charge in [0, 0.05) is 32.2 Å². The number of amides is 1. The molecular formula is C18H32N2O3. The number of carbonyl (C=O) groups excluding carboxylic acids is 1. The molecule has 2 saturated heterocycles. The molecule has 2 heterocycles. The number of hydrogen-bond acceptors (Lipinski definition) is 4. The first kappa shape index (κ1) is 17.2. The number of likely N-dealkylation sites (tertiary alicyclic amines) is 1. The van der Waals surface area contributed by atoms with E-state index in [0.29, 0.717) is 17.9 Å². The molecule has 23 heavy (non-hydrogen) atoms. The van der Waals surface area contributed by atoms with E-state index in [9.17, 15) is 4.79 Å². The summed E-state index contributed by atoms with van der Waals surface area (Å²) in [6.45, 7) is 10.1. The summed E-state index contributed by atoms with van der Waals surface area (Å²) in [4.78, 5) is 17.0. The Morgan fingerprint density at radius 3 is 2.57 bits per heavy atom. The van der Waals surface area contributed by atoms with Crippen LogP contribution >= 0.6 is 0 Å². The van der Waals surface area contributed by atoms with Crippen LogP contribution in [-0.4, -0.2) is 73.9 Å². The molecule has 2 aliphatic heterocycles. The number of rotatable bonds is 4. The molecule has 1 amide bonds. The topological polar surface area (TPSA) is 42.0 Å². The first-order valence-corrected chi connectivity index (χ1v) is 9.36. The molecular weight excluding hydrogens is 292 g/mol. The Morgan fingerprint density at radius 2 is 1.83 bits per heavy atom. The Bertz CT molecular complexity index is 398. The number of carbonyl (C=O) groups is 1. The summed E-state index contributed by atoms with van der Waals surface area (Å²) in [5.74, 6) is 1.30. The van der Waals surface area contributed by atoms with Crippen LogP contribution in [0.2, 0.25) is 0 Å². The highest BCUT2D eigenvalue weighted by atomic mass is 16.5. The van der Waals surface area contributed by atoms with Crippen molar-refractivity contribution in [3.63, 3.8) is 0 Å². The second-order valence-electron chi connectivity index (χ2n) is 7.60. The van der Waals surface area contributed by atoms with Gasteiger partial charge < -0.3 is 14.4 Å². The molecule has 3 aliphatic rings. The van der Waals surface area contributed by atoms with Crippen LogP contribution < -0.4 is 0 Å². The van der Waals surface area contributed by atoms with E-state index in [1.54, 1.807) is 0 Å².